The summed E-state index contributed by atoms with van der Waals surface area (Å²) in [6.45, 7) is 1.71. The van der Waals surface area contributed by atoms with Crippen LogP contribution in [0.15, 0.2) is 28.9 Å². The Kier molecular flexibility index (Phi) is 6.22. The highest BCUT2D eigenvalue weighted by molar-refractivity contribution is 9.10. The molecule has 8 heteroatoms. The van der Waals surface area contributed by atoms with Crippen molar-refractivity contribution in [1.82, 2.24) is 9.62 Å². The Bertz CT molecular complexity index is 605. The fourth-order valence-electron chi connectivity index (χ4n) is 2.29. The van der Waals surface area contributed by atoms with Gasteiger partial charge in [0.05, 0.1) is 6.26 Å². The summed E-state index contributed by atoms with van der Waals surface area (Å²) in [5.74, 6) is 0.871. The van der Waals surface area contributed by atoms with E-state index in [0.717, 1.165) is 12.8 Å². The summed E-state index contributed by atoms with van der Waals surface area (Å²) in [6.07, 6.45) is 6.31. The summed E-state index contributed by atoms with van der Waals surface area (Å²) >= 11 is 2.94. The van der Waals surface area contributed by atoms with E-state index >= 15 is 0 Å². The van der Waals surface area contributed by atoms with E-state index in [0.29, 0.717) is 25.4 Å². The number of carbonyl (C=O) groups excluding carboxylic acids is 1. The number of rotatable bonds is 6. The van der Waals surface area contributed by atoms with Crippen molar-refractivity contribution < 1.29 is 17.6 Å². The van der Waals surface area contributed by atoms with Gasteiger partial charge in [-0.05, 0) is 37.0 Å². The molecule has 0 unspecified atom stereocenters. The zero-order valence-electron chi connectivity index (χ0n) is 12.1. The smallest absolute Gasteiger partial charge is 0.246 e. The van der Waals surface area contributed by atoms with Crippen LogP contribution in [-0.4, -0.2) is 43.5 Å². The summed E-state index contributed by atoms with van der Waals surface area (Å²) in [6, 6.07) is 3.55. The second kappa shape index (κ2) is 7.94. The highest BCUT2D eigenvalue weighted by atomic mass is 79.9. The van der Waals surface area contributed by atoms with Crippen LogP contribution in [0.1, 0.15) is 18.6 Å². The standard InChI is InChI=1S/C14H19BrN2O4S/c15-11-22(19,20)16-10-12-5-7-17(8-6-12)14(18)4-3-13-2-1-9-21-13/h1-4,9,12,16H,5-8,10-11H2/b4-3+. The number of nitrogens with zero attached hydrogens (tertiary/aromatic N) is 1. The SMILES string of the molecule is O=C(/C=C/c1ccco1)N1CCC(CNS(=O)(=O)CBr)CC1. The van der Waals surface area contributed by atoms with Crippen LogP contribution in [0.2, 0.25) is 0 Å². The number of alkyl halides is 1. The van der Waals surface area contributed by atoms with E-state index in [1.165, 1.54) is 6.08 Å². The second-order valence-corrected chi connectivity index (χ2v) is 8.30. The van der Waals surface area contributed by atoms with Crippen LogP contribution in [0.4, 0.5) is 0 Å². The lowest BCUT2D eigenvalue weighted by Crippen LogP contribution is -2.41. The summed E-state index contributed by atoms with van der Waals surface area (Å²) in [7, 11) is -3.22. The molecule has 0 spiro atoms. The number of sulfonamides is 1. The summed E-state index contributed by atoms with van der Waals surface area (Å²) < 4.78 is 30.4. The van der Waals surface area contributed by atoms with Gasteiger partial charge >= 0.3 is 0 Å². The number of hydrogen-bond donors (Lipinski definition) is 1. The van der Waals surface area contributed by atoms with E-state index in [9.17, 15) is 13.2 Å². The lowest BCUT2D eigenvalue weighted by Gasteiger charge is -2.31. The quantitative estimate of drug-likeness (QED) is 0.593. The first kappa shape index (κ1) is 17.2. The van der Waals surface area contributed by atoms with Crippen LogP contribution >= 0.6 is 15.9 Å². The van der Waals surface area contributed by atoms with E-state index in [4.69, 9.17) is 4.42 Å². The highest BCUT2D eigenvalue weighted by Crippen LogP contribution is 2.17. The Labute approximate surface area is 138 Å². The third-order valence-electron chi connectivity index (χ3n) is 3.60. The van der Waals surface area contributed by atoms with Crippen molar-refractivity contribution in [2.75, 3.05) is 24.3 Å². The molecule has 6 nitrogen and oxygen atoms in total. The number of nitrogens with one attached hydrogen (secondary N) is 1. The average Bonchev–Trinajstić information content (AvgIpc) is 3.05. The van der Waals surface area contributed by atoms with Crippen LogP contribution in [0.25, 0.3) is 6.08 Å². The number of piperidine rings is 1. The predicted octanol–water partition coefficient (Wildman–Crippen LogP) is 1.80. The molecule has 1 aliphatic rings. The number of amides is 1. The van der Waals surface area contributed by atoms with E-state index in [1.54, 1.807) is 29.4 Å². The van der Waals surface area contributed by atoms with Gasteiger partial charge in [-0.3, -0.25) is 4.79 Å². The molecular formula is C14H19BrN2O4S. The molecule has 1 aromatic rings. The highest BCUT2D eigenvalue weighted by Gasteiger charge is 2.22. The minimum absolute atomic E-state index is 0.0455. The molecule has 2 rings (SSSR count). The number of furan rings is 1. The van der Waals surface area contributed by atoms with E-state index in [-0.39, 0.29) is 16.5 Å². The Morgan fingerprint density at radius 1 is 1.45 bits per heavy atom. The number of halogens is 1. The maximum atomic E-state index is 12.0. The first-order chi connectivity index (χ1) is 10.5. The maximum absolute atomic E-state index is 12.0. The van der Waals surface area contributed by atoms with Crippen molar-refractivity contribution in [1.29, 1.82) is 0 Å². The summed E-state index contributed by atoms with van der Waals surface area (Å²) in [5, 5.41) is 0. The Morgan fingerprint density at radius 2 is 2.18 bits per heavy atom. The molecule has 1 aromatic heterocycles. The van der Waals surface area contributed by atoms with Gasteiger partial charge in [-0.25, -0.2) is 13.1 Å². The molecule has 0 atom stereocenters. The number of hydrogen-bond acceptors (Lipinski definition) is 4. The molecule has 0 aliphatic carbocycles. The van der Waals surface area contributed by atoms with Crippen LogP contribution in [0.3, 0.4) is 0 Å². The molecule has 122 valence electrons. The van der Waals surface area contributed by atoms with Gasteiger partial charge in [0.1, 0.15) is 10.4 Å². The van der Waals surface area contributed by atoms with Crippen molar-refractivity contribution in [2.45, 2.75) is 12.8 Å². The predicted molar refractivity (Wildman–Crippen MR) is 87.8 cm³/mol. The van der Waals surface area contributed by atoms with E-state index in [1.807, 2.05) is 0 Å². The normalized spacial score (nSPS) is 17.2. The Balaban J connectivity index is 1.76. The van der Waals surface area contributed by atoms with Crippen molar-refractivity contribution in [2.24, 2.45) is 5.92 Å². The minimum atomic E-state index is -3.22. The Hall–Kier alpha value is -1.12. The molecule has 0 radical (unpaired) electrons. The second-order valence-electron chi connectivity index (χ2n) is 5.19. The van der Waals surface area contributed by atoms with Gasteiger partial charge in [-0.2, -0.15) is 0 Å². The largest absolute Gasteiger partial charge is 0.465 e. The van der Waals surface area contributed by atoms with Crippen molar-refractivity contribution in [3.05, 3.63) is 30.2 Å². The molecule has 0 saturated carbocycles. The van der Waals surface area contributed by atoms with Gasteiger partial charge in [0.25, 0.3) is 0 Å². The number of carbonyl (C=O) groups is 1. The van der Waals surface area contributed by atoms with Crippen LogP contribution < -0.4 is 4.72 Å². The van der Waals surface area contributed by atoms with Crippen molar-refractivity contribution >= 4 is 37.9 Å². The molecule has 1 amide bonds. The van der Waals surface area contributed by atoms with Gasteiger partial charge in [0.15, 0.2) is 0 Å². The molecule has 2 heterocycles. The van der Waals surface area contributed by atoms with Crippen molar-refractivity contribution in [3.8, 4) is 0 Å². The zero-order valence-corrected chi connectivity index (χ0v) is 14.5. The van der Waals surface area contributed by atoms with Gasteiger partial charge in [0, 0.05) is 25.7 Å². The average molecular weight is 391 g/mol. The minimum Gasteiger partial charge on any atom is -0.465 e. The number of likely N-dealkylation sites (tertiary alicyclic amines) is 1. The molecule has 22 heavy (non-hydrogen) atoms. The summed E-state index contributed by atoms with van der Waals surface area (Å²) in [5.41, 5.74) is 0. The first-order valence-electron chi connectivity index (χ1n) is 7.04. The molecule has 0 bridgehead atoms. The Morgan fingerprint density at radius 3 is 2.77 bits per heavy atom. The summed E-state index contributed by atoms with van der Waals surface area (Å²) in [4.78, 5) is 13.8. The third-order valence-corrected chi connectivity index (χ3v) is 6.30. The van der Waals surface area contributed by atoms with Crippen molar-refractivity contribution in [3.63, 3.8) is 0 Å². The molecule has 1 N–H and O–H groups in total. The van der Waals surface area contributed by atoms with Crippen LogP contribution in [0.5, 0.6) is 0 Å². The van der Waals surface area contributed by atoms with Crippen LogP contribution in [0, 0.1) is 5.92 Å². The van der Waals surface area contributed by atoms with Gasteiger partial charge in [-0.15, -0.1) is 0 Å². The first-order valence-corrected chi connectivity index (χ1v) is 9.81. The van der Waals surface area contributed by atoms with E-state index < -0.39 is 10.0 Å². The molecule has 1 aliphatic heterocycles. The monoisotopic (exact) mass is 390 g/mol. The molecular weight excluding hydrogens is 372 g/mol. The zero-order chi connectivity index (χ0) is 16.0. The van der Waals surface area contributed by atoms with Gasteiger partial charge < -0.3 is 9.32 Å². The third kappa shape index (κ3) is 5.26. The molecule has 1 fully saturated rings. The lowest BCUT2D eigenvalue weighted by molar-refractivity contribution is -0.127. The lowest BCUT2D eigenvalue weighted by atomic mass is 9.97. The maximum Gasteiger partial charge on any atom is 0.246 e. The molecule has 1 saturated heterocycles. The van der Waals surface area contributed by atoms with E-state index in [2.05, 4.69) is 20.7 Å². The fraction of sp³-hybridized carbons (Fsp3) is 0.500. The van der Waals surface area contributed by atoms with Crippen LogP contribution in [-0.2, 0) is 14.8 Å². The fourth-order valence-corrected chi connectivity index (χ4v) is 3.34. The molecule has 0 aromatic carbocycles. The van der Waals surface area contributed by atoms with Gasteiger partial charge in [0.2, 0.25) is 15.9 Å². The van der Waals surface area contributed by atoms with Gasteiger partial charge in [-0.1, -0.05) is 15.9 Å². The topological polar surface area (TPSA) is 79.6 Å².